The summed E-state index contributed by atoms with van der Waals surface area (Å²) in [6.45, 7) is 5.61. The van der Waals surface area contributed by atoms with Gasteiger partial charge in [0, 0.05) is 13.2 Å². The zero-order valence-corrected chi connectivity index (χ0v) is 11.2. The van der Waals surface area contributed by atoms with Gasteiger partial charge in [0.05, 0.1) is 6.10 Å². The molecule has 1 saturated heterocycles. The smallest absolute Gasteiger partial charge is 0.0576 e. The minimum absolute atomic E-state index is 0.588. The van der Waals surface area contributed by atoms with E-state index in [0.29, 0.717) is 11.5 Å². The van der Waals surface area contributed by atoms with Crippen molar-refractivity contribution in [3.63, 3.8) is 0 Å². The zero-order chi connectivity index (χ0) is 11.7. The summed E-state index contributed by atoms with van der Waals surface area (Å²) in [6, 6.07) is 0. The van der Waals surface area contributed by atoms with Gasteiger partial charge in [-0.05, 0) is 68.7 Å². The Morgan fingerprint density at radius 2 is 2.12 bits per heavy atom. The maximum absolute atomic E-state index is 5.78. The van der Waals surface area contributed by atoms with Crippen LogP contribution in [0, 0.1) is 17.3 Å². The van der Waals surface area contributed by atoms with Gasteiger partial charge in [0.2, 0.25) is 0 Å². The molecule has 0 spiro atoms. The van der Waals surface area contributed by atoms with Crippen LogP contribution in [0.3, 0.4) is 0 Å². The fourth-order valence-electron chi connectivity index (χ4n) is 4.17. The molecule has 3 atom stereocenters. The Morgan fingerprint density at radius 1 is 1.29 bits per heavy atom. The molecule has 1 heterocycles. The molecule has 3 aliphatic rings. The molecule has 17 heavy (non-hydrogen) atoms. The molecule has 98 valence electrons. The monoisotopic (exact) mass is 237 g/mol. The van der Waals surface area contributed by atoms with Crippen molar-refractivity contribution < 1.29 is 4.74 Å². The Labute approximate surface area is 105 Å². The van der Waals surface area contributed by atoms with E-state index in [4.69, 9.17) is 4.74 Å². The van der Waals surface area contributed by atoms with Gasteiger partial charge in [0.25, 0.3) is 0 Å². The number of rotatable bonds is 6. The van der Waals surface area contributed by atoms with Crippen molar-refractivity contribution in [3.8, 4) is 0 Å². The lowest BCUT2D eigenvalue weighted by Crippen LogP contribution is -2.34. The Balaban J connectivity index is 1.51. The molecule has 0 amide bonds. The molecule has 0 radical (unpaired) electrons. The third-order valence-electron chi connectivity index (χ3n) is 5.23. The van der Waals surface area contributed by atoms with E-state index in [1.807, 2.05) is 0 Å². The van der Waals surface area contributed by atoms with Crippen molar-refractivity contribution in [1.82, 2.24) is 5.32 Å². The number of fused-ring (bicyclic) bond motifs is 1. The number of ether oxygens (including phenoxy) is 1. The van der Waals surface area contributed by atoms with Crippen molar-refractivity contribution in [2.75, 3.05) is 19.7 Å². The summed E-state index contributed by atoms with van der Waals surface area (Å²) in [6.07, 6.45) is 10.4. The first-order chi connectivity index (χ1) is 8.31. The molecule has 1 N–H and O–H groups in total. The molecule has 3 fully saturated rings. The summed E-state index contributed by atoms with van der Waals surface area (Å²) < 4.78 is 5.78. The Hall–Kier alpha value is -0.0800. The maximum atomic E-state index is 5.78. The van der Waals surface area contributed by atoms with Crippen molar-refractivity contribution in [2.24, 2.45) is 17.3 Å². The van der Waals surface area contributed by atoms with E-state index in [1.54, 1.807) is 0 Å². The molecule has 1 aliphatic heterocycles. The average Bonchev–Trinajstić information content (AvgIpc) is 2.82. The van der Waals surface area contributed by atoms with Crippen LogP contribution in [0.2, 0.25) is 0 Å². The fraction of sp³-hybridized carbons (Fsp3) is 1.00. The number of hydrogen-bond donors (Lipinski definition) is 1. The standard InChI is InChI=1S/C15H27NO/c1-2-16-11-15(9-12-8-13(12)10-15)6-5-14-4-3-7-17-14/h12-14,16H,2-11H2,1H3. The lowest BCUT2D eigenvalue weighted by molar-refractivity contribution is 0.0851. The minimum atomic E-state index is 0.588. The van der Waals surface area contributed by atoms with Crippen molar-refractivity contribution >= 4 is 0 Å². The molecule has 3 rings (SSSR count). The average molecular weight is 237 g/mol. The highest BCUT2D eigenvalue weighted by atomic mass is 16.5. The number of nitrogens with one attached hydrogen (secondary N) is 1. The minimum Gasteiger partial charge on any atom is -0.378 e. The molecule has 2 heteroatoms. The highest BCUT2D eigenvalue weighted by Crippen LogP contribution is 2.61. The largest absolute Gasteiger partial charge is 0.378 e. The van der Waals surface area contributed by atoms with Gasteiger partial charge in [-0.3, -0.25) is 0 Å². The summed E-state index contributed by atoms with van der Waals surface area (Å²) in [5, 5.41) is 3.61. The summed E-state index contributed by atoms with van der Waals surface area (Å²) >= 11 is 0. The topological polar surface area (TPSA) is 21.3 Å². The molecular formula is C15H27NO. The van der Waals surface area contributed by atoms with E-state index in [9.17, 15) is 0 Å². The van der Waals surface area contributed by atoms with Gasteiger partial charge in [0.1, 0.15) is 0 Å². The highest BCUT2D eigenvalue weighted by molar-refractivity contribution is 5.04. The van der Waals surface area contributed by atoms with E-state index in [2.05, 4.69) is 12.2 Å². The quantitative estimate of drug-likeness (QED) is 0.767. The molecule has 2 saturated carbocycles. The highest BCUT2D eigenvalue weighted by Gasteiger charge is 2.53. The second kappa shape index (κ2) is 4.89. The van der Waals surface area contributed by atoms with Crippen LogP contribution in [0.4, 0.5) is 0 Å². The van der Waals surface area contributed by atoms with Crippen LogP contribution in [0.15, 0.2) is 0 Å². The third-order valence-corrected chi connectivity index (χ3v) is 5.23. The molecular weight excluding hydrogens is 210 g/mol. The first kappa shape index (κ1) is 12.0. The van der Waals surface area contributed by atoms with Gasteiger partial charge in [-0.2, -0.15) is 0 Å². The predicted molar refractivity (Wildman–Crippen MR) is 70.0 cm³/mol. The Morgan fingerprint density at radius 3 is 2.76 bits per heavy atom. The van der Waals surface area contributed by atoms with Crippen LogP contribution in [0.5, 0.6) is 0 Å². The lowest BCUT2D eigenvalue weighted by atomic mass is 9.78. The maximum Gasteiger partial charge on any atom is 0.0576 e. The third kappa shape index (κ3) is 2.68. The van der Waals surface area contributed by atoms with E-state index in [1.165, 1.54) is 51.5 Å². The molecule has 0 aromatic heterocycles. The molecule has 0 aromatic carbocycles. The second-order valence-electron chi connectivity index (χ2n) is 6.62. The number of hydrogen-bond acceptors (Lipinski definition) is 2. The van der Waals surface area contributed by atoms with Crippen molar-refractivity contribution in [2.45, 2.75) is 58.0 Å². The molecule has 2 aliphatic carbocycles. The van der Waals surface area contributed by atoms with Crippen LogP contribution in [0.1, 0.15) is 51.9 Å². The van der Waals surface area contributed by atoms with Gasteiger partial charge in [-0.1, -0.05) is 6.92 Å². The van der Waals surface area contributed by atoms with Gasteiger partial charge in [-0.15, -0.1) is 0 Å². The van der Waals surface area contributed by atoms with Gasteiger partial charge >= 0.3 is 0 Å². The van der Waals surface area contributed by atoms with Gasteiger partial charge < -0.3 is 10.1 Å². The SMILES string of the molecule is CCNCC1(CCC2CCCO2)CC2CC2C1. The van der Waals surface area contributed by atoms with Crippen LogP contribution >= 0.6 is 0 Å². The van der Waals surface area contributed by atoms with Gasteiger partial charge in [0.15, 0.2) is 0 Å². The summed E-state index contributed by atoms with van der Waals surface area (Å²) in [5.74, 6) is 2.19. The predicted octanol–water partition coefficient (Wildman–Crippen LogP) is 2.97. The van der Waals surface area contributed by atoms with Crippen LogP contribution in [0.25, 0.3) is 0 Å². The zero-order valence-electron chi connectivity index (χ0n) is 11.2. The summed E-state index contributed by atoms with van der Waals surface area (Å²) in [5.41, 5.74) is 0.634. The van der Waals surface area contributed by atoms with Crippen molar-refractivity contribution in [1.29, 1.82) is 0 Å². The van der Waals surface area contributed by atoms with Crippen molar-refractivity contribution in [3.05, 3.63) is 0 Å². The molecule has 3 unspecified atom stereocenters. The summed E-state index contributed by atoms with van der Waals surface area (Å²) in [7, 11) is 0. The summed E-state index contributed by atoms with van der Waals surface area (Å²) in [4.78, 5) is 0. The van der Waals surface area contributed by atoms with E-state index >= 15 is 0 Å². The molecule has 2 nitrogen and oxygen atoms in total. The molecule has 0 bridgehead atoms. The van der Waals surface area contributed by atoms with Crippen LogP contribution < -0.4 is 5.32 Å². The fourth-order valence-corrected chi connectivity index (χ4v) is 4.17. The van der Waals surface area contributed by atoms with E-state index in [-0.39, 0.29) is 0 Å². The van der Waals surface area contributed by atoms with Gasteiger partial charge in [-0.25, -0.2) is 0 Å². The first-order valence-corrected chi connectivity index (χ1v) is 7.64. The van der Waals surface area contributed by atoms with Crippen LogP contribution in [-0.4, -0.2) is 25.8 Å². The molecule has 0 aromatic rings. The Bertz CT molecular complexity index is 250. The van der Waals surface area contributed by atoms with Crippen LogP contribution in [-0.2, 0) is 4.74 Å². The van der Waals surface area contributed by atoms with E-state index in [0.717, 1.165) is 25.0 Å². The normalized spacial score (nSPS) is 43.9. The van der Waals surface area contributed by atoms with E-state index < -0.39 is 0 Å². The first-order valence-electron chi connectivity index (χ1n) is 7.64. The lowest BCUT2D eigenvalue weighted by Gasteiger charge is -2.32. The second-order valence-corrected chi connectivity index (χ2v) is 6.62. The Kier molecular flexibility index (Phi) is 3.45.